The van der Waals surface area contributed by atoms with Gasteiger partial charge < -0.3 is 10.0 Å². The van der Waals surface area contributed by atoms with Gasteiger partial charge in [-0.3, -0.25) is 4.68 Å². The molecule has 0 aliphatic heterocycles. The van der Waals surface area contributed by atoms with E-state index in [-0.39, 0.29) is 5.56 Å². The molecule has 2 rings (SSSR count). The quantitative estimate of drug-likeness (QED) is 0.891. The van der Waals surface area contributed by atoms with Crippen molar-refractivity contribution < 1.29 is 9.90 Å². The Morgan fingerprint density at radius 2 is 2.06 bits per heavy atom. The molecule has 1 heterocycles. The zero-order valence-corrected chi connectivity index (χ0v) is 10.4. The van der Waals surface area contributed by atoms with Crippen LogP contribution in [0.3, 0.4) is 0 Å². The Hall–Kier alpha value is -2.30. The van der Waals surface area contributed by atoms with Gasteiger partial charge in [0.25, 0.3) is 0 Å². The number of carbonyl (C=O) groups is 1. The minimum absolute atomic E-state index is 0.250. The largest absolute Gasteiger partial charge is 0.478 e. The molecular weight excluding hydrogens is 230 g/mol. The zero-order chi connectivity index (χ0) is 13.1. The summed E-state index contributed by atoms with van der Waals surface area (Å²) in [5, 5.41) is 13.1. The zero-order valence-electron chi connectivity index (χ0n) is 10.4. The molecule has 5 nitrogen and oxygen atoms in total. The number of hydrogen-bond donors (Lipinski definition) is 1. The number of benzene rings is 1. The monoisotopic (exact) mass is 245 g/mol. The van der Waals surface area contributed by atoms with Crippen LogP contribution in [0, 0.1) is 0 Å². The van der Waals surface area contributed by atoms with Gasteiger partial charge in [0.15, 0.2) is 0 Å². The van der Waals surface area contributed by atoms with Crippen LogP contribution in [-0.2, 0) is 13.6 Å². The molecule has 0 amide bonds. The van der Waals surface area contributed by atoms with E-state index in [1.807, 2.05) is 42.3 Å². The van der Waals surface area contributed by atoms with Crippen molar-refractivity contribution in [2.75, 3.05) is 11.9 Å². The van der Waals surface area contributed by atoms with E-state index < -0.39 is 5.97 Å². The molecule has 0 aliphatic rings. The lowest BCUT2D eigenvalue weighted by atomic mass is 10.2. The fourth-order valence-electron chi connectivity index (χ4n) is 1.83. The normalized spacial score (nSPS) is 10.3. The summed E-state index contributed by atoms with van der Waals surface area (Å²) in [7, 11) is 3.68. The first-order valence-electron chi connectivity index (χ1n) is 5.60. The van der Waals surface area contributed by atoms with Crippen molar-refractivity contribution >= 4 is 11.7 Å². The van der Waals surface area contributed by atoms with Crippen molar-refractivity contribution in [2.24, 2.45) is 7.05 Å². The van der Waals surface area contributed by atoms with Gasteiger partial charge in [0.1, 0.15) is 5.56 Å². The summed E-state index contributed by atoms with van der Waals surface area (Å²) >= 11 is 0. The van der Waals surface area contributed by atoms with Crippen LogP contribution in [0.5, 0.6) is 0 Å². The number of aryl methyl sites for hydroxylation is 1. The van der Waals surface area contributed by atoms with Crippen LogP contribution in [0.2, 0.25) is 0 Å². The van der Waals surface area contributed by atoms with Gasteiger partial charge in [0.2, 0.25) is 0 Å². The Morgan fingerprint density at radius 1 is 1.39 bits per heavy atom. The van der Waals surface area contributed by atoms with Gasteiger partial charge in [0, 0.05) is 19.8 Å². The molecule has 0 atom stereocenters. The van der Waals surface area contributed by atoms with Crippen LogP contribution < -0.4 is 4.90 Å². The van der Waals surface area contributed by atoms with E-state index >= 15 is 0 Å². The molecule has 1 aromatic heterocycles. The van der Waals surface area contributed by atoms with E-state index in [0.29, 0.717) is 12.2 Å². The van der Waals surface area contributed by atoms with E-state index in [4.69, 9.17) is 5.11 Å². The SMILES string of the molecule is CN(Cc1c(C(=O)O)cnn1C)c1ccccc1. The molecule has 5 heteroatoms. The smallest absolute Gasteiger partial charge is 0.339 e. The summed E-state index contributed by atoms with van der Waals surface area (Å²) in [4.78, 5) is 13.1. The van der Waals surface area contributed by atoms with Gasteiger partial charge in [-0.05, 0) is 12.1 Å². The van der Waals surface area contributed by atoms with Crippen molar-refractivity contribution in [1.82, 2.24) is 9.78 Å². The molecular formula is C13H15N3O2. The lowest BCUT2D eigenvalue weighted by Crippen LogP contribution is -2.20. The maximum Gasteiger partial charge on any atom is 0.339 e. The van der Waals surface area contributed by atoms with E-state index in [1.165, 1.54) is 6.20 Å². The van der Waals surface area contributed by atoms with Crippen LogP contribution in [0.1, 0.15) is 16.1 Å². The van der Waals surface area contributed by atoms with Gasteiger partial charge in [-0.2, -0.15) is 5.10 Å². The summed E-state index contributed by atoms with van der Waals surface area (Å²) in [5.74, 6) is -0.945. The molecule has 0 fully saturated rings. The fourth-order valence-corrected chi connectivity index (χ4v) is 1.83. The number of nitrogens with zero attached hydrogens (tertiary/aromatic N) is 3. The molecule has 18 heavy (non-hydrogen) atoms. The van der Waals surface area contributed by atoms with Crippen molar-refractivity contribution in [2.45, 2.75) is 6.54 Å². The van der Waals surface area contributed by atoms with Crippen LogP contribution in [-0.4, -0.2) is 27.9 Å². The van der Waals surface area contributed by atoms with Crippen molar-refractivity contribution in [1.29, 1.82) is 0 Å². The molecule has 1 N–H and O–H groups in total. The highest BCUT2D eigenvalue weighted by Crippen LogP contribution is 2.16. The van der Waals surface area contributed by atoms with Crippen LogP contribution in [0.25, 0.3) is 0 Å². The third-order valence-electron chi connectivity index (χ3n) is 2.88. The Labute approximate surface area is 105 Å². The summed E-state index contributed by atoms with van der Waals surface area (Å²) < 4.78 is 1.60. The number of aromatic nitrogens is 2. The van der Waals surface area contributed by atoms with Gasteiger partial charge in [-0.25, -0.2) is 4.79 Å². The number of carboxylic acids is 1. The summed E-state index contributed by atoms with van der Waals surface area (Å²) in [6.07, 6.45) is 1.39. The second-order valence-corrected chi connectivity index (χ2v) is 4.13. The third-order valence-corrected chi connectivity index (χ3v) is 2.88. The minimum atomic E-state index is -0.945. The second kappa shape index (κ2) is 4.91. The Kier molecular flexibility index (Phi) is 3.32. The van der Waals surface area contributed by atoms with E-state index in [0.717, 1.165) is 5.69 Å². The Bertz CT molecular complexity index is 549. The Morgan fingerprint density at radius 3 is 2.67 bits per heavy atom. The summed E-state index contributed by atoms with van der Waals surface area (Å²) in [5.41, 5.74) is 1.98. The van der Waals surface area contributed by atoms with Crippen molar-refractivity contribution in [3.63, 3.8) is 0 Å². The maximum atomic E-state index is 11.1. The molecule has 0 bridgehead atoms. The van der Waals surface area contributed by atoms with Crippen molar-refractivity contribution in [3.05, 3.63) is 47.8 Å². The lowest BCUT2D eigenvalue weighted by Gasteiger charge is -2.19. The average molecular weight is 245 g/mol. The van der Waals surface area contributed by atoms with Gasteiger partial charge in [-0.15, -0.1) is 0 Å². The predicted molar refractivity (Wildman–Crippen MR) is 68.7 cm³/mol. The fraction of sp³-hybridized carbons (Fsp3) is 0.231. The van der Waals surface area contributed by atoms with E-state index in [1.54, 1.807) is 11.7 Å². The molecule has 0 saturated heterocycles. The number of anilines is 1. The van der Waals surface area contributed by atoms with Gasteiger partial charge >= 0.3 is 5.97 Å². The maximum absolute atomic E-state index is 11.1. The predicted octanol–water partition coefficient (Wildman–Crippen LogP) is 1.75. The first-order valence-corrected chi connectivity index (χ1v) is 5.60. The molecule has 2 aromatic rings. The molecule has 94 valence electrons. The molecule has 0 spiro atoms. The Balaban J connectivity index is 2.24. The van der Waals surface area contributed by atoms with E-state index in [9.17, 15) is 4.79 Å². The van der Waals surface area contributed by atoms with Crippen LogP contribution in [0.4, 0.5) is 5.69 Å². The molecule has 0 aliphatic carbocycles. The molecule has 1 aromatic carbocycles. The second-order valence-electron chi connectivity index (χ2n) is 4.13. The molecule has 0 unspecified atom stereocenters. The van der Waals surface area contributed by atoms with Crippen molar-refractivity contribution in [3.8, 4) is 0 Å². The first kappa shape index (κ1) is 12.2. The standard InChI is InChI=1S/C13H15N3O2/c1-15(10-6-4-3-5-7-10)9-12-11(13(17)18)8-14-16(12)2/h3-8H,9H2,1-2H3,(H,17,18). The van der Waals surface area contributed by atoms with Gasteiger partial charge in [-0.1, -0.05) is 18.2 Å². The highest BCUT2D eigenvalue weighted by Gasteiger charge is 2.16. The average Bonchev–Trinajstić information content (AvgIpc) is 2.72. The van der Waals surface area contributed by atoms with Gasteiger partial charge in [0.05, 0.1) is 18.4 Å². The number of hydrogen-bond acceptors (Lipinski definition) is 3. The summed E-state index contributed by atoms with van der Waals surface area (Å²) in [6, 6.07) is 9.82. The number of para-hydroxylation sites is 1. The number of rotatable bonds is 4. The lowest BCUT2D eigenvalue weighted by molar-refractivity contribution is 0.0695. The summed E-state index contributed by atoms with van der Waals surface area (Å²) in [6.45, 7) is 0.502. The first-order chi connectivity index (χ1) is 8.59. The van der Waals surface area contributed by atoms with E-state index in [2.05, 4.69) is 5.10 Å². The van der Waals surface area contributed by atoms with Crippen LogP contribution in [0.15, 0.2) is 36.5 Å². The third kappa shape index (κ3) is 2.34. The highest BCUT2D eigenvalue weighted by atomic mass is 16.4. The molecule has 0 radical (unpaired) electrons. The number of aromatic carboxylic acids is 1. The minimum Gasteiger partial charge on any atom is -0.478 e. The number of carboxylic acid groups (broad SMARTS) is 1. The topological polar surface area (TPSA) is 58.4 Å². The highest BCUT2D eigenvalue weighted by molar-refractivity contribution is 5.88. The van der Waals surface area contributed by atoms with Crippen LogP contribution >= 0.6 is 0 Å². The molecule has 0 saturated carbocycles.